The molecule has 1 N–H and O–H groups in total. The van der Waals surface area contributed by atoms with Crippen molar-refractivity contribution in [3.05, 3.63) is 30.0 Å². The lowest BCUT2D eigenvalue weighted by Gasteiger charge is -2.37. The van der Waals surface area contributed by atoms with Crippen LogP contribution in [-0.2, 0) is 4.74 Å². The van der Waals surface area contributed by atoms with Crippen LogP contribution in [0.1, 0.15) is 19.3 Å². The summed E-state index contributed by atoms with van der Waals surface area (Å²) in [4.78, 5) is 10.8. The number of benzene rings is 1. The summed E-state index contributed by atoms with van der Waals surface area (Å²) < 4.78 is 32.3. The molecule has 2 fully saturated rings. The Morgan fingerprint density at radius 1 is 1.17 bits per heavy atom. The number of hydrogen-bond donors (Lipinski definition) is 1. The van der Waals surface area contributed by atoms with Gasteiger partial charge in [-0.05, 0) is 19.3 Å². The molecule has 3 atom stereocenters. The quantitative estimate of drug-likeness (QED) is 0.912. The average molecular weight is 335 g/mol. The molecule has 4 rings (SSSR count). The number of fused-ring (bicyclic) bond motifs is 1. The Kier molecular flexibility index (Phi) is 4.05. The van der Waals surface area contributed by atoms with E-state index in [1.807, 2.05) is 0 Å². The summed E-state index contributed by atoms with van der Waals surface area (Å²) in [5, 5.41) is 10.3. The molecule has 2 aliphatic heterocycles. The normalized spacial score (nSPS) is 27.8. The largest absolute Gasteiger partial charge is 0.393 e. The van der Waals surface area contributed by atoms with Crippen molar-refractivity contribution < 1.29 is 18.6 Å². The van der Waals surface area contributed by atoms with E-state index in [-0.39, 0.29) is 18.1 Å². The van der Waals surface area contributed by atoms with Gasteiger partial charge < -0.3 is 14.7 Å². The maximum atomic E-state index is 13.5. The number of halogens is 2. The molecule has 0 aliphatic carbocycles. The van der Waals surface area contributed by atoms with E-state index in [2.05, 4.69) is 14.9 Å². The van der Waals surface area contributed by atoms with Gasteiger partial charge in [0.25, 0.3) is 0 Å². The number of aromatic nitrogens is 2. The highest BCUT2D eigenvalue weighted by molar-refractivity contribution is 5.75. The number of aliphatic hydroxyl groups excluding tert-OH is 1. The Bertz CT molecular complexity index is 758. The van der Waals surface area contributed by atoms with Crippen LogP contribution < -0.4 is 4.90 Å². The maximum absolute atomic E-state index is 13.5. The Morgan fingerprint density at radius 2 is 1.96 bits per heavy atom. The fourth-order valence-electron chi connectivity index (χ4n) is 3.77. The first kappa shape index (κ1) is 15.7. The van der Waals surface area contributed by atoms with E-state index in [0.717, 1.165) is 31.5 Å². The second-order valence-corrected chi connectivity index (χ2v) is 6.48. The third-order valence-electron chi connectivity index (χ3n) is 5.02. The molecule has 0 saturated carbocycles. The summed E-state index contributed by atoms with van der Waals surface area (Å²) in [6.45, 7) is 1.92. The Hall–Kier alpha value is -1.86. The zero-order chi connectivity index (χ0) is 16.7. The van der Waals surface area contributed by atoms with Crippen LogP contribution in [0.15, 0.2) is 18.3 Å². The second kappa shape index (κ2) is 6.22. The summed E-state index contributed by atoms with van der Waals surface area (Å²) in [6.07, 6.45) is 3.79. The Labute approximate surface area is 138 Å². The second-order valence-electron chi connectivity index (χ2n) is 6.48. The van der Waals surface area contributed by atoms with Gasteiger partial charge >= 0.3 is 0 Å². The predicted molar refractivity (Wildman–Crippen MR) is 84.8 cm³/mol. The standard InChI is InChI=1S/C17H19F2N3O2/c18-11-6-13-14(7-12(11)19)21-17(8-20-13)22-4-1-2-15(22)10-9-24-5-3-16(10)23/h6-8,10,15-16,23H,1-5,9H2/t10-,15+,16-/m1/s1. The smallest absolute Gasteiger partial charge is 0.161 e. The highest BCUT2D eigenvalue weighted by Gasteiger charge is 2.38. The van der Waals surface area contributed by atoms with Gasteiger partial charge in [-0.3, -0.25) is 4.98 Å². The van der Waals surface area contributed by atoms with Crippen LogP contribution >= 0.6 is 0 Å². The fraction of sp³-hybridized carbons (Fsp3) is 0.529. The summed E-state index contributed by atoms with van der Waals surface area (Å²) in [5.41, 5.74) is 0.659. The minimum Gasteiger partial charge on any atom is -0.393 e. The summed E-state index contributed by atoms with van der Waals surface area (Å²) >= 11 is 0. The monoisotopic (exact) mass is 335 g/mol. The zero-order valence-electron chi connectivity index (χ0n) is 13.2. The third kappa shape index (κ3) is 2.71. The van der Waals surface area contributed by atoms with Crippen LogP contribution in [0.25, 0.3) is 11.0 Å². The first-order chi connectivity index (χ1) is 11.6. The molecule has 0 amide bonds. The van der Waals surface area contributed by atoms with Gasteiger partial charge in [-0.25, -0.2) is 13.8 Å². The van der Waals surface area contributed by atoms with Crippen molar-refractivity contribution in [2.45, 2.75) is 31.4 Å². The summed E-state index contributed by atoms with van der Waals surface area (Å²) in [7, 11) is 0. The van der Waals surface area contributed by atoms with Gasteiger partial charge in [-0.1, -0.05) is 0 Å². The fourth-order valence-corrected chi connectivity index (χ4v) is 3.77. The van der Waals surface area contributed by atoms with Gasteiger partial charge in [-0.15, -0.1) is 0 Å². The minimum atomic E-state index is -0.928. The molecule has 7 heteroatoms. The molecule has 0 bridgehead atoms. The summed E-state index contributed by atoms with van der Waals surface area (Å²) in [6, 6.07) is 2.25. The molecule has 1 aromatic carbocycles. The molecule has 0 unspecified atom stereocenters. The third-order valence-corrected chi connectivity index (χ3v) is 5.02. The molecule has 2 aliphatic rings. The topological polar surface area (TPSA) is 58.5 Å². The van der Waals surface area contributed by atoms with Crippen LogP contribution in [0, 0.1) is 17.6 Å². The first-order valence-corrected chi connectivity index (χ1v) is 8.28. The number of nitrogens with zero attached hydrogens (tertiary/aromatic N) is 3. The van der Waals surface area contributed by atoms with Crippen LogP contribution in [0.3, 0.4) is 0 Å². The van der Waals surface area contributed by atoms with Crippen LogP contribution in [-0.4, -0.2) is 47.0 Å². The molecular weight excluding hydrogens is 316 g/mol. The molecule has 24 heavy (non-hydrogen) atoms. The highest BCUT2D eigenvalue weighted by atomic mass is 19.2. The van der Waals surface area contributed by atoms with Gasteiger partial charge in [0.15, 0.2) is 11.6 Å². The Balaban J connectivity index is 1.66. The van der Waals surface area contributed by atoms with Gasteiger partial charge in [0.2, 0.25) is 0 Å². The Morgan fingerprint density at radius 3 is 2.75 bits per heavy atom. The molecule has 0 radical (unpaired) electrons. The van der Waals surface area contributed by atoms with Gasteiger partial charge in [-0.2, -0.15) is 0 Å². The van der Waals surface area contributed by atoms with Gasteiger partial charge in [0.1, 0.15) is 5.82 Å². The van der Waals surface area contributed by atoms with Crippen molar-refractivity contribution in [1.82, 2.24) is 9.97 Å². The van der Waals surface area contributed by atoms with Crippen LogP contribution in [0.2, 0.25) is 0 Å². The zero-order valence-corrected chi connectivity index (χ0v) is 13.2. The number of hydrogen-bond acceptors (Lipinski definition) is 5. The van der Waals surface area contributed by atoms with Gasteiger partial charge in [0.05, 0.1) is 29.9 Å². The molecule has 1 aromatic heterocycles. The molecule has 2 aromatic rings. The van der Waals surface area contributed by atoms with E-state index >= 15 is 0 Å². The molecule has 0 spiro atoms. The van der Waals surface area contributed by atoms with Crippen molar-refractivity contribution in [3.8, 4) is 0 Å². The van der Waals surface area contributed by atoms with Crippen molar-refractivity contribution >= 4 is 16.9 Å². The van der Waals surface area contributed by atoms with E-state index in [0.29, 0.717) is 36.5 Å². The van der Waals surface area contributed by atoms with E-state index < -0.39 is 11.6 Å². The van der Waals surface area contributed by atoms with Crippen molar-refractivity contribution in [2.24, 2.45) is 5.92 Å². The first-order valence-electron chi connectivity index (χ1n) is 8.28. The molecule has 128 valence electrons. The SMILES string of the molecule is O[C@@H]1CCOC[C@@H]1[C@@H]1CCCN1c1cnc2cc(F)c(F)cc2n1. The number of anilines is 1. The lowest BCUT2D eigenvalue weighted by Crippen LogP contribution is -2.46. The van der Waals surface area contributed by atoms with Gasteiger partial charge in [0, 0.05) is 37.2 Å². The highest BCUT2D eigenvalue weighted by Crippen LogP contribution is 2.33. The number of ether oxygens (including phenoxy) is 1. The van der Waals surface area contributed by atoms with Crippen molar-refractivity contribution in [2.75, 3.05) is 24.7 Å². The van der Waals surface area contributed by atoms with Crippen LogP contribution in [0.5, 0.6) is 0 Å². The average Bonchev–Trinajstić information content (AvgIpc) is 3.05. The van der Waals surface area contributed by atoms with Crippen molar-refractivity contribution in [1.29, 1.82) is 0 Å². The minimum absolute atomic E-state index is 0.0312. The number of rotatable bonds is 2. The van der Waals surface area contributed by atoms with E-state index in [9.17, 15) is 13.9 Å². The van der Waals surface area contributed by atoms with E-state index in [1.165, 1.54) is 0 Å². The van der Waals surface area contributed by atoms with Crippen molar-refractivity contribution in [3.63, 3.8) is 0 Å². The van der Waals surface area contributed by atoms with Crippen LogP contribution in [0.4, 0.5) is 14.6 Å². The van der Waals surface area contributed by atoms with E-state index in [1.54, 1.807) is 6.20 Å². The van der Waals surface area contributed by atoms with E-state index in [4.69, 9.17) is 4.74 Å². The summed E-state index contributed by atoms with van der Waals surface area (Å²) in [5.74, 6) is -1.19. The molecular formula is C17H19F2N3O2. The number of aliphatic hydroxyl groups is 1. The lowest BCUT2D eigenvalue weighted by atomic mass is 9.89. The maximum Gasteiger partial charge on any atom is 0.161 e. The molecule has 5 nitrogen and oxygen atoms in total. The molecule has 2 saturated heterocycles. The lowest BCUT2D eigenvalue weighted by molar-refractivity contribution is -0.0438. The predicted octanol–water partition coefficient (Wildman–Crippen LogP) is 2.27. The molecule has 3 heterocycles.